The predicted octanol–water partition coefficient (Wildman–Crippen LogP) is 9.45. The number of rotatable bonds is 8. The quantitative estimate of drug-likeness (QED) is 0.262. The van der Waals surface area contributed by atoms with Gasteiger partial charge in [0.25, 0.3) is 0 Å². The van der Waals surface area contributed by atoms with Crippen molar-refractivity contribution in [3.05, 3.63) is 53.6 Å². The van der Waals surface area contributed by atoms with Gasteiger partial charge in [-0.05, 0) is 84.6 Å². The van der Waals surface area contributed by atoms with Crippen LogP contribution in [-0.4, -0.2) is 12.8 Å². The average molecular weight is 495 g/mol. The summed E-state index contributed by atoms with van der Waals surface area (Å²) in [6.07, 6.45) is 8.45. The molecule has 35 heavy (non-hydrogen) atoms. The van der Waals surface area contributed by atoms with E-state index in [2.05, 4.69) is 11.7 Å². The van der Waals surface area contributed by atoms with Crippen LogP contribution in [0.4, 0.5) is 22.0 Å². The Morgan fingerprint density at radius 1 is 0.829 bits per heavy atom. The first-order valence-electron chi connectivity index (χ1n) is 13.0. The smallest absolute Gasteiger partial charge is 0.422 e. The molecule has 0 bridgehead atoms. The van der Waals surface area contributed by atoms with Crippen molar-refractivity contribution in [1.82, 2.24) is 0 Å². The number of hydrogen-bond donors (Lipinski definition) is 0. The molecule has 2 aliphatic rings. The number of benzene rings is 2. The van der Waals surface area contributed by atoms with Gasteiger partial charge in [-0.15, -0.1) is 0 Å². The Hall–Kier alpha value is -2.11. The van der Waals surface area contributed by atoms with E-state index in [4.69, 9.17) is 0 Å². The molecular weight excluding hydrogens is 459 g/mol. The average Bonchev–Trinajstić information content (AvgIpc) is 2.82. The summed E-state index contributed by atoms with van der Waals surface area (Å²) in [4.78, 5) is 0. The van der Waals surface area contributed by atoms with Gasteiger partial charge in [0.2, 0.25) is 0 Å². The molecule has 4 rings (SSSR count). The molecular formula is C29H35F5O. The Morgan fingerprint density at radius 3 is 2.14 bits per heavy atom. The SMILES string of the molecule is CCCCCC1CCC2CC(c3ccc(-c4cc(F)c(OCC(F)(F)F)c(F)c4)cc3)CCC2C1. The standard InChI is InChI=1S/C29H35F5O/c1-2-3-4-5-19-6-7-24-15-23(13-12-22(24)14-19)20-8-10-21(11-9-20)25-16-26(30)28(27(31)17-25)35-18-29(32,33)34/h8-11,16-17,19,22-24H,2-7,12-15,18H2,1H3. The maximum Gasteiger partial charge on any atom is 0.422 e. The van der Waals surface area contributed by atoms with Crippen LogP contribution in [-0.2, 0) is 0 Å². The van der Waals surface area contributed by atoms with Crippen LogP contribution < -0.4 is 4.74 Å². The van der Waals surface area contributed by atoms with E-state index in [-0.39, 0.29) is 5.56 Å². The van der Waals surface area contributed by atoms with Crippen LogP contribution >= 0.6 is 0 Å². The summed E-state index contributed by atoms with van der Waals surface area (Å²) >= 11 is 0. The van der Waals surface area contributed by atoms with Gasteiger partial charge in [0.1, 0.15) is 0 Å². The van der Waals surface area contributed by atoms with Crippen LogP contribution in [0.2, 0.25) is 0 Å². The minimum absolute atomic E-state index is 0.274. The van der Waals surface area contributed by atoms with Gasteiger partial charge in [0, 0.05) is 0 Å². The van der Waals surface area contributed by atoms with Gasteiger partial charge in [-0.3, -0.25) is 0 Å². The summed E-state index contributed by atoms with van der Waals surface area (Å²) < 4.78 is 69.9. The number of ether oxygens (including phenoxy) is 1. The maximum atomic E-state index is 14.3. The third-order valence-corrected chi connectivity index (χ3v) is 8.03. The summed E-state index contributed by atoms with van der Waals surface area (Å²) in [5.74, 6) is -0.218. The van der Waals surface area contributed by atoms with Crippen molar-refractivity contribution in [1.29, 1.82) is 0 Å². The van der Waals surface area contributed by atoms with Crippen LogP contribution in [0.25, 0.3) is 11.1 Å². The summed E-state index contributed by atoms with van der Waals surface area (Å²) in [6, 6.07) is 9.79. The monoisotopic (exact) mass is 494 g/mol. The summed E-state index contributed by atoms with van der Waals surface area (Å²) in [5, 5.41) is 0. The number of unbranched alkanes of at least 4 members (excludes halogenated alkanes) is 2. The lowest BCUT2D eigenvalue weighted by molar-refractivity contribution is -0.154. The lowest BCUT2D eigenvalue weighted by atomic mass is 9.63. The fraction of sp³-hybridized carbons (Fsp3) is 0.586. The third kappa shape index (κ3) is 6.77. The van der Waals surface area contributed by atoms with Gasteiger partial charge in [-0.2, -0.15) is 13.2 Å². The predicted molar refractivity (Wildman–Crippen MR) is 128 cm³/mol. The van der Waals surface area contributed by atoms with Crippen molar-refractivity contribution >= 4 is 0 Å². The van der Waals surface area contributed by atoms with Crippen molar-refractivity contribution in [2.75, 3.05) is 6.61 Å². The summed E-state index contributed by atoms with van der Waals surface area (Å²) in [6.45, 7) is 0.520. The maximum absolute atomic E-state index is 14.3. The molecule has 2 saturated carbocycles. The largest absolute Gasteiger partial charge is 0.478 e. The molecule has 2 aromatic carbocycles. The van der Waals surface area contributed by atoms with Gasteiger partial charge in [0.15, 0.2) is 24.0 Å². The van der Waals surface area contributed by atoms with Gasteiger partial charge >= 0.3 is 6.18 Å². The van der Waals surface area contributed by atoms with Crippen LogP contribution in [0.15, 0.2) is 36.4 Å². The van der Waals surface area contributed by atoms with Crippen molar-refractivity contribution in [2.45, 2.75) is 83.2 Å². The number of alkyl halides is 3. The van der Waals surface area contributed by atoms with Crippen LogP contribution in [0.5, 0.6) is 5.75 Å². The molecule has 0 saturated heterocycles. The van der Waals surface area contributed by atoms with E-state index < -0.39 is 30.2 Å². The van der Waals surface area contributed by atoms with Crippen molar-refractivity contribution in [3.63, 3.8) is 0 Å². The van der Waals surface area contributed by atoms with E-state index in [1.807, 2.05) is 24.3 Å². The Morgan fingerprint density at radius 2 is 1.49 bits per heavy atom. The topological polar surface area (TPSA) is 9.23 Å². The van der Waals surface area contributed by atoms with Gasteiger partial charge in [0.05, 0.1) is 0 Å². The number of hydrogen-bond acceptors (Lipinski definition) is 1. The zero-order valence-corrected chi connectivity index (χ0v) is 20.3. The Labute approximate surface area is 205 Å². The Bertz CT molecular complexity index is 945. The summed E-state index contributed by atoms with van der Waals surface area (Å²) in [7, 11) is 0. The molecule has 2 fully saturated rings. The molecule has 0 N–H and O–H groups in total. The zero-order valence-electron chi connectivity index (χ0n) is 20.3. The second kappa shape index (κ2) is 11.3. The minimum Gasteiger partial charge on any atom is -0.478 e. The second-order valence-corrected chi connectivity index (χ2v) is 10.5. The third-order valence-electron chi connectivity index (χ3n) is 8.03. The van der Waals surface area contributed by atoms with E-state index in [1.165, 1.54) is 69.8 Å². The molecule has 0 amide bonds. The minimum atomic E-state index is -4.67. The molecule has 4 atom stereocenters. The highest BCUT2D eigenvalue weighted by atomic mass is 19.4. The molecule has 4 unspecified atom stereocenters. The molecule has 0 radical (unpaired) electrons. The first kappa shape index (κ1) is 26.0. The lowest BCUT2D eigenvalue weighted by Crippen LogP contribution is -2.30. The molecule has 192 valence electrons. The van der Waals surface area contributed by atoms with E-state index in [1.54, 1.807) is 0 Å². The van der Waals surface area contributed by atoms with E-state index in [0.717, 1.165) is 29.9 Å². The highest BCUT2D eigenvalue weighted by molar-refractivity contribution is 5.65. The first-order chi connectivity index (χ1) is 16.7. The molecule has 1 nitrogen and oxygen atoms in total. The normalized spacial score (nSPS) is 24.7. The molecule has 6 heteroatoms. The molecule has 0 heterocycles. The van der Waals surface area contributed by atoms with Crippen LogP contribution in [0.1, 0.15) is 82.6 Å². The highest BCUT2D eigenvalue weighted by Crippen LogP contribution is 2.48. The number of halogens is 5. The molecule has 0 aliphatic heterocycles. The van der Waals surface area contributed by atoms with E-state index in [0.29, 0.717) is 11.5 Å². The molecule has 0 spiro atoms. The van der Waals surface area contributed by atoms with Crippen molar-refractivity contribution in [3.8, 4) is 16.9 Å². The van der Waals surface area contributed by atoms with Crippen molar-refractivity contribution < 1.29 is 26.7 Å². The fourth-order valence-electron chi connectivity index (χ4n) is 6.20. The van der Waals surface area contributed by atoms with Crippen LogP contribution in [0, 0.1) is 29.4 Å². The number of fused-ring (bicyclic) bond motifs is 1. The second-order valence-electron chi connectivity index (χ2n) is 10.5. The Balaban J connectivity index is 1.37. The van der Waals surface area contributed by atoms with Gasteiger partial charge < -0.3 is 4.74 Å². The Kier molecular flexibility index (Phi) is 8.38. The first-order valence-corrected chi connectivity index (χ1v) is 13.0. The highest BCUT2D eigenvalue weighted by Gasteiger charge is 2.35. The van der Waals surface area contributed by atoms with Crippen LogP contribution in [0.3, 0.4) is 0 Å². The zero-order chi connectivity index (χ0) is 25.0. The lowest BCUT2D eigenvalue weighted by Gasteiger charge is -2.42. The van der Waals surface area contributed by atoms with E-state index in [9.17, 15) is 22.0 Å². The van der Waals surface area contributed by atoms with Gasteiger partial charge in [-0.25, -0.2) is 8.78 Å². The molecule has 2 aromatic rings. The van der Waals surface area contributed by atoms with Gasteiger partial charge in [-0.1, -0.05) is 63.3 Å². The van der Waals surface area contributed by atoms with E-state index >= 15 is 0 Å². The molecule has 2 aliphatic carbocycles. The summed E-state index contributed by atoms with van der Waals surface area (Å²) in [5.41, 5.74) is 2.15. The van der Waals surface area contributed by atoms with Crippen molar-refractivity contribution in [2.24, 2.45) is 17.8 Å². The fourth-order valence-corrected chi connectivity index (χ4v) is 6.20. The molecule has 0 aromatic heterocycles.